The minimum atomic E-state index is -1.30. The van der Waals surface area contributed by atoms with E-state index in [9.17, 15) is 19.2 Å². The molecule has 1 aliphatic heterocycles. The van der Waals surface area contributed by atoms with Crippen LogP contribution in [0.25, 0.3) is 0 Å². The quantitative estimate of drug-likeness (QED) is 0.594. The third-order valence-electron chi connectivity index (χ3n) is 6.92. The average molecular weight is 496 g/mol. The zero-order chi connectivity index (χ0) is 26.0. The van der Waals surface area contributed by atoms with E-state index in [1.165, 1.54) is 22.6 Å². The van der Waals surface area contributed by atoms with Gasteiger partial charge in [-0.25, -0.2) is 4.79 Å². The summed E-state index contributed by atoms with van der Waals surface area (Å²) in [5, 5.41) is 10.2. The van der Waals surface area contributed by atoms with Gasteiger partial charge in [-0.2, -0.15) is 5.10 Å². The van der Waals surface area contributed by atoms with E-state index < -0.39 is 17.4 Å². The van der Waals surface area contributed by atoms with Gasteiger partial charge in [-0.05, 0) is 69.7 Å². The number of nitrogens with one attached hydrogen (secondary N) is 2. The van der Waals surface area contributed by atoms with Crippen molar-refractivity contribution in [1.82, 2.24) is 15.1 Å². The van der Waals surface area contributed by atoms with Crippen LogP contribution in [0.1, 0.15) is 74.4 Å². The number of rotatable bonds is 6. The van der Waals surface area contributed by atoms with Crippen LogP contribution in [0, 0.1) is 5.92 Å². The van der Waals surface area contributed by atoms with Gasteiger partial charge in [0.25, 0.3) is 5.91 Å². The Labute approximate surface area is 210 Å². The summed E-state index contributed by atoms with van der Waals surface area (Å²) in [5.41, 5.74) is -0.0181. The fourth-order valence-corrected chi connectivity index (χ4v) is 4.93. The predicted octanol–water partition coefficient (Wildman–Crippen LogP) is 3.13. The first-order valence-corrected chi connectivity index (χ1v) is 12.4. The number of carbonyl (C=O) groups is 4. The van der Waals surface area contributed by atoms with Crippen LogP contribution in [0.4, 0.5) is 11.4 Å². The van der Waals surface area contributed by atoms with E-state index in [-0.39, 0.29) is 42.4 Å². The van der Waals surface area contributed by atoms with Crippen LogP contribution >= 0.6 is 0 Å². The highest BCUT2D eigenvalue weighted by atomic mass is 16.5. The Hall–Kier alpha value is -3.69. The van der Waals surface area contributed by atoms with E-state index in [0.29, 0.717) is 17.3 Å². The van der Waals surface area contributed by atoms with Crippen molar-refractivity contribution in [1.29, 1.82) is 0 Å². The summed E-state index contributed by atoms with van der Waals surface area (Å²) in [4.78, 5) is 52.7. The number of hydrogen-bond donors (Lipinski definition) is 2. The zero-order valence-corrected chi connectivity index (χ0v) is 21.2. The van der Waals surface area contributed by atoms with Crippen molar-refractivity contribution in [2.75, 3.05) is 16.8 Å². The molecule has 2 aromatic rings. The van der Waals surface area contributed by atoms with Gasteiger partial charge in [0.2, 0.25) is 11.8 Å². The zero-order valence-electron chi connectivity index (χ0n) is 21.2. The number of fused-ring (bicyclic) bond motifs is 1. The Balaban J connectivity index is 1.70. The molecule has 10 nitrogen and oxygen atoms in total. The number of nitrogens with zero attached hydrogens (tertiary/aromatic N) is 3. The average Bonchev–Trinajstić information content (AvgIpc) is 3.25. The van der Waals surface area contributed by atoms with Crippen molar-refractivity contribution in [3.63, 3.8) is 0 Å². The van der Waals surface area contributed by atoms with E-state index >= 15 is 0 Å². The number of ether oxygens (including phenoxy) is 1. The molecule has 1 saturated carbocycles. The molecule has 0 unspecified atom stereocenters. The summed E-state index contributed by atoms with van der Waals surface area (Å²) < 4.78 is 6.47. The number of benzene rings is 1. The van der Waals surface area contributed by atoms with Gasteiger partial charge in [-0.15, -0.1) is 0 Å². The molecule has 2 heterocycles. The molecular formula is C26H33N5O5. The molecule has 0 saturated heterocycles. The molecule has 1 atom stereocenters. The first-order chi connectivity index (χ1) is 17.1. The van der Waals surface area contributed by atoms with Crippen LogP contribution in [-0.4, -0.2) is 51.7 Å². The van der Waals surface area contributed by atoms with Gasteiger partial charge in [0, 0.05) is 30.4 Å². The minimum absolute atomic E-state index is 0.0204. The van der Waals surface area contributed by atoms with E-state index in [0.717, 1.165) is 25.7 Å². The molecule has 4 rings (SSSR count). The second kappa shape index (κ2) is 10.1. The van der Waals surface area contributed by atoms with Gasteiger partial charge in [-0.1, -0.05) is 6.92 Å². The van der Waals surface area contributed by atoms with Gasteiger partial charge < -0.3 is 15.4 Å². The molecule has 1 aromatic carbocycles. The molecule has 1 fully saturated rings. The van der Waals surface area contributed by atoms with Crippen LogP contribution < -0.4 is 15.5 Å². The fraction of sp³-hybridized carbons (Fsp3) is 0.500. The Morgan fingerprint density at radius 3 is 2.42 bits per heavy atom. The maximum atomic E-state index is 13.8. The lowest BCUT2D eigenvalue weighted by molar-refractivity contribution is -0.127. The lowest BCUT2D eigenvalue weighted by Gasteiger charge is -2.44. The molecule has 10 heteroatoms. The van der Waals surface area contributed by atoms with Gasteiger partial charge in [0.1, 0.15) is 11.2 Å². The monoisotopic (exact) mass is 495 g/mol. The van der Waals surface area contributed by atoms with Crippen LogP contribution in [-0.2, 0) is 20.9 Å². The molecule has 1 aliphatic carbocycles. The summed E-state index contributed by atoms with van der Waals surface area (Å²) >= 11 is 0. The number of esters is 1. The number of amides is 3. The van der Waals surface area contributed by atoms with Crippen molar-refractivity contribution in [2.24, 2.45) is 5.92 Å². The van der Waals surface area contributed by atoms with E-state index in [4.69, 9.17) is 4.74 Å². The number of anilines is 2. The van der Waals surface area contributed by atoms with Crippen LogP contribution in [0.2, 0.25) is 0 Å². The van der Waals surface area contributed by atoms with E-state index in [2.05, 4.69) is 22.7 Å². The molecule has 1 aromatic heterocycles. The highest BCUT2D eigenvalue weighted by molar-refractivity contribution is 6.12. The Kier molecular flexibility index (Phi) is 7.14. The molecule has 3 amide bonds. The number of carbonyl (C=O) groups excluding carboxylic acids is 4. The van der Waals surface area contributed by atoms with Crippen molar-refractivity contribution in [3.05, 3.63) is 41.7 Å². The van der Waals surface area contributed by atoms with Gasteiger partial charge in [0.05, 0.1) is 13.2 Å². The van der Waals surface area contributed by atoms with Crippen molar-refractivity contribution < 1.29 is 23.9 Å². The first-order valence-electron chi connectivity index (χ1n) is 12.4. The van der Waals surface area contributed by atoms with Crippen LogP contribution in [0.3, 0.4) is 0 Å². The fourth-order valence-electron chi connectivity index (χ4n) is 4.93. The van der Waals surface area contributed by atoms with Gasteiger partial charge >= 0.3 is 5.97 Å². The van der Waals surface area contributed by atoms with Crippen molar-refractivity contribution >= 4 is 35.1 Å². The summed E-state index contributed by atoms with van der Waals surface area (Å²) in [6.45, 7) is 7.28. The second-order valence-corrected chi connectivity index (χ2v) is 9.87. The molecule has 36 heavy (non-hydrogen) atoms. The third kappa shape index (κ3) is 4.98. The Bertz CT molecular complexity index is 1170. The lowest BCUT2D eigenvalue weighted by Crippen LogP contribution is -2.65. The minimum Gasteiger partial charge on any atom is -0.461 e. The molecule has 192 valence electrons. The Morgan fingerprint density at radius 2 is 1.81 bits per heavy atom. The maximum absolute atomic E-state index is 13.8. The maximum Gasteiger partial charge on any atom is 0.358 e. The second-order valence-electron chi connectivity index (χ2n) is 9.87. The first kappa shape index (κ1) is 25.4. The van der Waals surface area contributed by atoms with Crippen molar-refractivity contribution in [2.45, 2.75) is 71.5 Å². The number of aromatic nitrogens is 2. The Morgan fingerprint density at radius 1 is 1.14 bits per heavy atom. The van der Waals surface area contributed by atoms with E-state index in [1.54, 1.807) is 38.1 Å². The topological polar surface area (TPSA) is 123 Å². The summed E-state index contributed by atoms with van der Waals surface area (Å²) in [6.07, 6.45) is 3.87. The standard InChI is InChI=1S/C26H33N5O5/c1-5-36-24(34)21-14-22-23(33)31(20-12-10-18(11-13-20)27-17(3)32)26(4,15-30(22)29-21)25(35)28-19-8-6-16(2)7-9-19/h10-14,16,19H,5-9,15H2,1-4H3,(H,27,32)(H,28,35)/t16?,19?,26-/m1/s1. The highest BCUT2D eigenvalue weighted by Gasteiger charge is 2.49. The van der Waals surface area contributed by atoms with E-state index in [1.807, 2.05) is 0 Å². The molecule has 2 N–H and O–H groups in total. The largest absolute Gasteiger partial charge is 0.461 e. The SMILES string of the molecule is CCOC(=O)c1cc2n(n1)C[C@](C)(C(=O)NC1CCC(C)CC1)N(c1ccc(NC(C)=O)cc1)C2=O. The van der Waals surface area contributed by atoms with Crippen LogP contribution in [0.15, 0.2) is 30.3 Å². The lowest BCUT2D eigenvalue weighted by atomic mass is 9.86. The predicted molar refractivity (Wildman–Crippen MR) is 134 cm³/mol. The molecule has 0 bridgehead atoms. The third-order valence-corrected chi connectivity index (χ3v) is 6.92. The van der Waals surface area contributed by atoms with Gasteiger partial charge in [0.15, 0.2) is 5.69 Å². The summed E-state index contributed by atoms with van der Waals surface area (Å²) in [7, 11) is 0. The van der Waals surface area contributed by atoms with Gasteiger partial charge in [-0.3, -0.25) is 24.0 Å². The number of hydrogen-bond acceptors (Lipinski definition) is 6. The van der Waals surface area contributed by atoms with Crippen LogP contribution in [0.5, 0.6) is 0 Å². The molecular weight excluding hydrogens is 462 g/mol. The normalized spacial score (nSPS) is 23.6. The molecule has 2 aliphatic rings. The highest BCUT2D eigenvalue weighted by Crippen LogP contribution is 2.34. The summed E-state index contributed by atoms with van der Waals surface area (Å²) in [6, 6.07) is 8.18. The smallest absolute Gasteiger partial charge is 0.358 e. The molecule has 0 radical (unpaired) electrons. The summed E-state index contributed by atoms with van der Waals surface area (Å²) in [5.74, 6) is -0.928. The van der Waals surface area contributed by atoms with Crippen molar-refractivity contribution in [3.8, 4) is 0 Å². The molecule has 0 spiro atoms.